The summed E-state index contributed by atoms with van der Waals surface area (Å²) in [5, 5.41) is 0. The quantitative estimate of drug-likeness (QED) is 0.817. The van der Waals surface area contributed by atoms with Gasteiger partial charge in [0.25, 0.3) is 5.56 Å². The van der Waals surface area contributed by atoms with Crippen molar-refractivity contribution in [2.24, 2.45) is 0 Å². The molecule has 0 fully saturated rings. The zero-order valence-electron chi connectivity index (χ0n) is 9.43. The highest BCUT2D eigenvalue weighted by Gasteiger charge is 2.05. The molecule has 0 aliphatic carbocycles. The molecule has 2 aromatic rings. The first kappa shape index (κ1) is 11.2. The van der Waals surface area contributed by atoms with Gasteiger partial charge in [0.15, 0.2) is 0 Å². The molecule has 2 rings (SSSR count). The number of hydrogen-bond donors (Lipinski definition) is 2. The largest absolute Gasteiger partial charge is 0.370 e. The molecule has 17 heavy (non-hydrogen) atoms. The molecule has 0 saturated carbocycles. The highest BCUT2D eigenvalue weighted by Crippen LogP contribution is 2.12. The van der Waals surface area contributed by atoms with Gasteiger partial charge < -0.3 is 9.88 Å². The topological polar surface area (TPSA) is 69.0 Å². The van der Waals surface area contributed by atoms with Crippen LogP contribution in [0.5, 0.6) is 0 Å². The van der Waals surface area contributed by atoms with Crippen LogP contribution in [0.25, 0.3) is 0 Å². The maximum Gasteiger partial charge on any atom is 0.325 e. The number of aromatic amines is 2. The number of para-hydroxylation sites is 1. The van der Waals surface area contributed by atoms with Gasteiger partial charge >= 0.3 is 5.69 Å². The second-order valence-electron chi connectivity index (χ2n) is 3.79. The van der Waals surface area contributed by atoms with Crippen molar-refractivity contribution in [3.63, 3.8) is 0 Å². The van der Waals surface area contributed by atoms with Crippen LogP contribution in [0.4, 0.5) is 5.69 Å². The number of hydrogen-bond acceptors (Lipinski definition) is 3. The Hall–Kier alpha value is -2.30. The second kappa shape index (κ2) is 4.69. The Morgan fingerprint density at radius 1 is 1.18 bits per heavy atom. The summed E-state index contributed by atoms with van der Waals surface area (Å²) < 4.78 is 0. The lowest BCUT2D eigenvalue weighted by Gasteiger charge is -2.18. The van der Waals surface area contributed by atoms with Gasteiger partial charge in [-0.1, -0.05) is 18.2 Å². The van der Waals surface area contributed by atoms with E-state index in [9.17, 15) is 9.59 Å². The van der Waals surface area contributed by atoms with Crippen molar-refractivity contribution >= 4 is 5.69 Å². The van der Waals surface area contributed by atoms with Crippen LogP contribution in [0.3, 0.4) is 0 Å². The maximum absolute atomic E-state index is 11.5. The van der Waals surface area contributed by atoms with Gasteiger partial charge in [-0.3, -0.25) is 9.78 Å². The lowest BCUT2D eigenvalue weighted by Crippen LogP contribution is -2.28. The van der Waals surface area contributed by atoms with Crippen molar-refractivity contribution in [2.45, 2.75) is 6.54 Å². The monoisotopic (exact) mass is 231 g/mol. The molecule has 0 aliphatic heterocycles. The minimum Gasteiger partial charge on any atom is -0.370 e. The lowest BCUT2D eigenvalue weighted by atomic mass is 10.2. The highest BCUT2D eigenvalue weighted by atomic mass is 16.2. The molecular formula is C12H13N3O2. The van der Waals surface area contributed by atoms with Gasteiger partial charge in [0.05, 0.1) is 5.56 Å². The van der Waals surface area contributed by atoms with Gasteiger partial charge in [-0.2, -0.15) is 0 Å². The van der Waals surface area contributed by atoms with Crippen LogP contribution in [0, 0.1) is 0 Å². The molecular weight excluding hydrogens is 218 g/mol. The third kappa shape index (κ3) is 2.63. The number of H-pyrrole nitrogens is 2. The Morgan fingerprint density at radius 2 is 1.88 bits per heavy atom. The van der Waals surface area contributed by atoms with E-state index in [0.29, 0.717) is 12.1 Å². The Bertz CT molecular complexity index is 601. The van der Waals surface area contributed by atoms with E-state index < -0.39 is 5.69 Å². The van der Waals surface area contributed by atoms with Crippen molar-refractivity contribution in [3.8, 4) is 0 Å². The van der Waals surface area contributed by atoms with Crippen molar-refractivity contribution < 1.29 is 0 Å². The Kier molecular flexibility index (Phi) is 3.09. The number of anilines is 1. The zero-order chi connectivity index (χ0) is 12.3. The van der Waals surface area contributed by atoms with E-state index in [1.165, 1.54) is 6.20 Å². The van der Waals surface area contributed by atoms with Crippen LogP contribution in [0.15, 0.2) is 46.1 Å². The Balaban J connectivity index is 2.22. The molecule has 0 bridgehead atoms. The van der Waals surface area contributed by atoms with E-state index in [4.69, 9.17) is 0 Å². The van der Waals surface area contributed by atoms with Crippen molar-refractivity contribution in [2.75, 3.05) is 11.9 Å². The fourth-order valence-corrected chi connectivity index (χ4v) is 1.58. The average Bonchev–Trinajstić information content (AvgIpc) is 2.34. The molecule has 0 unspecified atom stereocenters. The molecule has 1 aromatic carbocycles. The number of aromatic nitrogens is 2. The van der Waals surface area contributed by atoms with Crippen LogP contribution in [-0.2, 0) is 6.54 Å². The van der Waals surface area contributed by atoms with Gasteiger partial charge in [-0.15, -0.1) is 0 Å². The van der Waals surface area contributed by atoms with E-state index >= 15 is 0 Å². The average molecular weight is 231 g/mol. The summed E-state index contributed by atoms with van der Waals surface area (Å²) in [6.07, 6.45) is 1.45. The molecule has 5 nitrogen and oxygen atoms in total. The fraction of sp³-hybridized carbons (Fsp3) is 0.167. The molecule has 2 N–H and O–H groups in total. The smallest absolute Gasteiger partial charge is 0.325 e. The summed E-state index contributed by atoms with van der Waals surface area (Å²) in [6, 6.07) is 9.72. The van der Waals surface area contributed by atoms with E-state index in [-0.39, 0.29) is 5.56 Å². The zero-order valence-corrected chi connectivity index (χ0v) is 9.43. The Morgan fingerprint density at radius 3 is 2.53 bits per heavy atom. The first-order chi connectivity index (χ1) is 8.16. The number of nitrogens with zero attached hydrogens (tertiary/aromatic N) is 1. The molecule has 0 atom stereocenters. The summed E-state index contributed by atoms with van der Waals surface area (Å²) >= 11 is 0. The molecule has 88 valence electrons. The first-order valence-corrected chi connectivity index (χ1v) is 5.24. The van der Waals surface area contributed by atoms with Gasteiger partial charge in [0.2, 0.25) is 0 Å². The molecule has 1 aromatic heterocycles. The van der Waals surface area contributed by atoms with Crippen LogP contribution < -0.4 is 16.1 Å². The molecule has 0 aliphatic rings. The molecule has 0 amide bonds. The molecule has 5 heteroatoms. The third-order valence-electron chi connectivity index (χ3n) is 2.50. The van der Waals surface area contributed by atoms with Crippen LogP contribution >= 0.6 is 0 Å². The Labute approximate surface area is 97.7 Å². The molecule has 0 radical (unpaired) electrons. The minimum atomic E-state index is -0.485. The first-order valence-electron chi connectivity index (χ1n) is 5.24. The predicted molar refractivity (Wildman–Crippen MR) is 66.2 cm³/mol. The van der Waals surface area contributed by atoms with Crippen LogP contribution in [0.1, 0.15) is 5.56 Å². The summed E-state index contributed by atoms with van der Waals surface area (Å²) in [5.74, 6) is 0. The third-order valence-corrected chi connectivity index (χ3v) is 2.50. The number of benzene rings is 1. The number of rotatable bonds is 3. The summed E-state index contributed by atoms with van der Waals surface area (Å²) in [5.41, 5.74) is 0.701. The second-order valence-corrected chi connectivity index (χ2v) is 3.79. The minimum absolute atomic E-state index is 0.350. The van der Waals surface area contributed by atoms with Crippen molar-refractivity contribution in [3.05, 3.63) is 62.9 Å². The maximum atomic E-state index is 11.5. The summed E-state index contributed by atoms with van der Waals surface area (Å²) in [4.78, 5) is 29.0. The summed E-state index contributed by atoms with van der Waals surface area (Å²) in [6.45, 7) is 0.441. The van der Waals surface area contributed by atoms with E-state index in [0.717, 1.165) is 5.69 Å². The van der Waals surface area contributed by atoms with Gasteiger partial charge in [-0.25, -0.2) is 4.79 Å². The van der Waals surface area contributed by atoms with E-state index in [2.05, 4.69) is 9.97 Å². The standard InChI is InChI=1S/C12H13N3O2/c1-15(10-5-3-2-4-6-10)8-9-7-13-12(17)14-11(9)16/h2-7H,8H2,1H3,(H2,13,14,16,17). The van der Waals surface area contributed by atoms with Gasteiger partial charge in [0.1, 0.15) is 0 Å². The van der Waals surface area contributed by atoms with Crippen molar-refractivity contribution in [1.29, 1.82) is 0 Å². The van der Waals surface area contributed by atoms with Gasteiger partial charge in [0, 0.05) is 25.5 Å². The van der Waals surface area contributed by atoms with Crippen LogP contribution in [0.2, 0.25) is 0 Å². The van der Waals surface area contributed by atoms with Crippen molar-refractivity contribution in [1.82, 2.24) is 9.97 Å². The van der Waals surface area contributed by atoms with E-state index in [1.54, 1.807) is 0 Å². The lowest BCUT2D eigenvalue weighted by molar-refractivity contribution is 0.874. The molecule has 0 saturated heterocycles. The molecule has 1 heterocycles. The predicted octanol–water partition coefficient (Wildman–Crippen LogP) is 0.700. The van der Waals surface area contributed by atoms with Gasteiger partial charge in [-0.05, 0) is 12.1 Å². The number of nitrogens with one attached hydrogen (secondary N) is 2. The SMILES string of the molecule is CN(Cc1c[nH]c(=O)[nH]c1=O)c1ccccc1. The normalized spacial score (nSPS) is 10.2. The van der Waals surface area contributed by atoms with Crippen LogP contribution in [-0.4, -0.2) is 17.0 Å². The highest BCUT2D eigenvalue weighted by molar-refractivity contribution is 5.45. The summed E-state index contributed by atoms with van der Waals surface area (Å²) in [7, 11) is 1.89. The fourth-order valence-electron chi connectivity index (χ4n) is 1.58. The van der Waals surface area contributed by atoms with E-state index in [1.807, 2.05) is 42.3 Å². The molecule has 0 spiro atoms.